The zero-order valence-corrected chi connectivity index (χ0v) is 23.2. The summed E-state index contributed by atoms with van der Waals surface area (Å²) in [6.45, 7) is 6.36. The summed E-state index contributed by atoms with van der Waals surface area (Å²) in [7, 11) is 1.65. The van der Waals surface area contributed by atoms with Crippen molar-refractivity contribution in [1.82, 2.24) is 24.9 Å². The number of morpholine rings is 1. The average molecular weight is 547 g/mol. The Balaban J connectivity index is 1.27. The Kier molecular flexibility index (Phi) is 7.62. The van der Waals surface area contributed by atoms with E-state index in [0.29, 0.717) is 44.2 Å². The quantitative estimate of drug-likeness (QED) is 0.508. The standard InChI is InChI=1S/C30H38N6O4/c1-39-25-11-7-10-24-26(32-36(27(24)25)17-16-33-18-20-40-21-19-33)28(37)34-14-6-5-12-30(13-15-34)29(38)31-22-35(30)23-8-3-2-4-9-23/h2-4,7-11H,5-6,12-22H2,1H3,(H,31,38). The van der Waals surface area contributed by atoms with Gasteiger partial charge >= 0.3 is 0 Å². The van der Waals surface area contributed by atoms with Crippen molar-refractivity contribution in [3.05, 3.63) is 54.2 Å². The first-order chi connectivity index (χ1) is 19.6. The molecule has 0 bridgehead atoms. The second-order valence-electron chi connectivity index (χ2n) is 10.8. The number of likely N-dealkylation sites (tertiary alicyclic amines) is 1. The number of aromatic nitrogens is 2. The molecule has 3 aliphatic rings. The van der Waals surface area contributed by atoms with Gasteiger partial charge in [0.25, 0.3) is 5.91 Å². The highest BCUT2D eigenvalue weighted by Crippen LogP contribution is 2.36. The van der Waals surface area contributed by atoms with Gasteiger partial charge in [0.15, 0.2) is 5.69 Å². The van der Waals surface area contributed by atoms with E-state index in [1.807, 2.05) is 58.1 Å². The number of para-hydroxylation sites is 2. The Morgan fingerprint density at radius 2 is 1.82 bits per heavy atom. The van der Waals surface area contributed by atoms with Crippen molar-refractivity contribution >= 4 is 28.4 Å². The number of benzene rings is 2. The number of ether oxygens (including phenoxy) is 2. The summed E-state index contributed by atoms with van der Waals surface area (Å²) >= 11 is 0. The first-order valence-electron chi connectivity index (χ1n) is 14.3. The Labute approximate surface area is 234 Å². The zero-order valence-electron chi connectivity index (χ0n) is 23.2. The summed E-state index contributed by atoms with van der Waals surface area (Å²) in [6.07, 6.45) is 3.04. The van der Waals surface area contributed by atoms with E-state index in [1.54, 1.807) is 7.11 Å². The van der Waals surface area contributed by atoms with E-state index in [2.05, 4.69) is 15.1 Å². The number of nitrogens with one attached hydrogen (secondary N) is 1. The van der Waals surface area contributed by atoms with E-state index >= 15 is 0 Å². The first kappa shape index (κ1) is 26.6. The van der Waals surface area contributed by atoms with Crippen LogP contribution in [0, 0.1) is 0 Å². The minimum absolute atomic E-state index is 0.0493. The summed E-state index contributed by atoms with van der Waals surface area (Å²) in [5.74, 6) is 0.664. The number of nitrogens with zero attached hydrogens (tertiary/aromatic N) is 5. The summed E-state index contributed by atoms with van der Waals surface area (Å²) in [5.41, 5.74) is 1.65. The molecule has 3 fully saturated rings. The molecule has 0 aliphatic carbocycles. The topological polar surface area (TPSA) is 92.2 Å². The molecule has 2 aromatic carbocycles. The predicted octanol–water partition coefficient (Wildman–Crippen LogP) is 2.73. The molecule has 10 nitrogen and oxygen atoms in total. The number of methoxy groups -OCH3 is 1. The Bertz CT molecular complexity index is 1350. The van der Waals surface area contributed by atoms with Crippen molar-refractivity contribution in [2.24, 2.45) is 0 Å². The maximum absolute atomic E-state index is 14.1. The summed E-state index contributed by atoms with van der Waals surface area (Å²) in [6, 6.07) is 15.9. The van der Waals surface area contributed by atoms with Crippen LogP contribution in [0.15, 0.2) is 48.5 Å². The fraction of sp³-hybridized carbons (Fsp3) is 0.500. The molecule has 4 heterocycles. The lowest BCUT2D eigenvalue weighted by molar-refractivity contribution is -0.124. The molecule has 3 saturated heterocycles. The van der Waals surface area contributed by atoms with Gasteiger partial charge in [0.05, 0.1) is 33.5 Å². The third-order valence-electron chi connectivity index (χ3n) is 8.64. The molecule has 40 heavy (non-hydrogen) atoms. The molecule has 1 N–H and O–H groups in total. The van der Waals surface area contributed by atoms with Crippen LogP contribution in [0.4, 0.5) is 5.69 Å². The zero-order chi connectivity index (χ0) is 27.5. The minimum atomic E-state index is -0.664. The summed E-state index contributed by atoms with van der Waals surface area (Å²) in [5, 5.41) is 8.75. The smallest absolute Gasteiger partial charge is 0.275 e. The molecule has 1 atom stereocenters. The molecule has 3 aromatic rings. The maximum Gasteiger partial charge on any atom is 0.275 e. The van der Waals surface area contributed by atoms with E-state index in [-0.39, 0.29) is 11.8 Å². The predicted molar refractivity (Wildman–Crippen MR) is 153 cm³/mol. The monoisotopic (exact) mass is 546 g/mol. The molecular weight excluding hydrogens is 508 g/mol. The molecule has 2 amide bonds. The van der Waals surface area contributed by atoms with Crippen LogP contribution in [0.2, 0.25) is 0 Å². The average Bonchev–Trinajstić information content (AvgIpc) is 3.52. The molecule has 6 rings (SSSR count). The number of rotatable bonds is 6. The third-order valence-corrected chi connectivity index (χ3v) is 8.64. The second-order valence-corrected chi connectivity index (χ2v) is 10.8. The largest absolute Gasteiger partial charge is 0.494 e. The second kappa shape index (κ2) is 11.5. The lowest BCUT2D eigenvalue weighted by Gasteiger charge is -2.40. The fourth-order valence-electron chi connectivity index (χ4n) is 6.41. The lowest BCUT2D eigenvalue weighted by atomic mass is 9.85. The molecule has 0 radical (unpaired) electrons. The van der Waals surface area contributed by atoms with Crippen LogP contribution in [0.25, 0.3) is 10.9 Å². The van der Waals surface area contributed by atoms with Crippen LogP contribution < -0.4 is 15.0 Å². The Morgan fingerprint density at radius 3 is 2.62 bits per heavy atom. The number of hydrogen-bond acceptors (Lipinski definition) is 7. The van der Waals surface area contributed by atoms with E-state index in [1.165, 1.54) is 0 Å². The van der Waals surface area contributed by atoms with Crippen molar-refractivity contribution in [2.45, 2.75) is 37.8 Å². The van der Waals surface area contributed by atoms with Crippen LogP contribution >= 0.6 is 0 Å². The number of carbonyl (C=O) groups excluding carboxylic acids is 2. The highest BCUT2D eigenvalue weighted by Gasteiger charge is 2.49. The van der Waals surface area contributed by atoms with Gasteiger partial charge < -0.3 is 24.6 Å². The molecule has 10 heteroatoms. The number of hydrogen-bond donors (Lipinski definition) is 1. The molecule has 1 spiro atoms. The Hall–Kier alpha value is -3.63. The van der Waals surface area contributed by atoms with Gasteiger partial charge in [0.1, 0.15) is 16.8 Å². The Morgan fingerprint density at radius 1 is 1.00 bits per heavy atom. The van der Waals surface area contributed by atoms with Gasteiger partial charge in [-0.15, -0.1) is 0 Å². The summed E-state index contributed by atoms with van der Waals surface area (Å²) in [4.78, 5) is 33.8. The van der Waals surface area contributed by atoms with Gasteiger partial charge in [-0.05, 0) is 43.9 Å². The van der Waals surface area contributed by atoms with Gasteiger partial charge in [-0.1, -0.05) is 30.3 Å². The van der Waals surface area contributed by atoms with Gasteiger partial charge in [-0.25, -0.2) is 0 Å². The van der Waals surface area contributed by atoms with Gasteiger partial charge in [0.2, 0.25) is 5.91 Å². The van der Waals surface area contributed by atoms with Crippen molar-refractivity contribution < 1.29 is 19.1 Å². The van der Waals surface area contributed by atoms with E-state index in [0.717, 1.165) is 68.7 Å². The molecular formula is C30H38N6O4. The number of fused-ring (bicyclic) bond motifs is 1. The van der Waals surface area contributed by atoms with Gasteiger partial charge in [-0.2, -0.15) is 5.10 Å². The van der Waals surface area contributed by atoms with E-state index < -0.39 is 5.54 Å². The third kappa shape index (κ3) is 4.90. The summed E-state index contributed by atoms with van der Waals surface area (Å²) < 4.78 is 13.1. The molecule has 1 unspecified atom stereocenters. The van der Waals surface area contributed by atoms with Crippen molar-refractivity contribution in [3.63, 3.8) is 0 Å². The normalized spacial score (nSPS) is 22.4. The van der Waals surface area contributed by atoms with Crippen molar-refractivity contribution in [2.75, 3.05) is 64.6 Å². The maximum atomic E-state index is 14.1. The molecule has 0 saturated carbocycles. The van der Waals surface area contributed by atoms with E-state index in [4.69, 9.17) is 14.6 Å². The van der Waals surface area contributed by atoms with Gasteiger partial charge in [-0.3, -0.25) is 19.2 Å². The molecule has 212 valence electrons. The SMILES string of the molecule is COc1cccc2c(C(=O)N3CCCCC4(CC3)C(=O)NCN4c3ccccc3)nn(CCN3CCOCC3)c12. The minimum Gasteiger partial charge on any atom is -0.494 e. The molecule has 1 aromatic heterocycles. The van der Waals surface area contributed by atoms with Crippen LogP contribution in [0.1, 0.15) is 36.2 Å². The van der Waals surface area contributed by atoms with Crippen molar-refractivity contribution in [1.29, 1.82) is 0 Å². The highest BCUT2D eigenvalue weighted by atomic mass is 16.5. The van der Waals surface area contributed by atoms with Crippen LogP contribution in [-0.4, -0.2) is 96.6 Å². The number of carbonyl (C=O) groups is 2. The number of amides is 2. The highest BCUT2D eigenvalue weighted by molar-refractivity contribution is 6.06. The number of anilines is 1. The van der Waals surface area contributed by atoms with Crippen LogP contribution in [0.5, 0.6) is 5.75 Å². The van der Waals surface area contributed by atoms with E-state index in [9.17, 15) is 9.59 Å². The van der Waals surface area contributed by atoms with Gasteiger partial charge in [0, 0.05) is 43.8 Å². The van der Waals surface area contributed by atoms with Crippen LogP contribution in [-0.2, 0) is 16.1 Å². The molecule has 3 aliphatic heterocycles. The van der Waals surface area contributed by atoms with Crippen LogP contribution in [0.3, 0.4) is 0 Å². The lowest BCUT2D eigenvalue weighted by Crippen LogP contribution is -2.53. The first-order valence-corrected chi connectivity index (χ1v) is 14.3. The fourth-order valence-corrected chi connectivity index (χ4v) is 6.41. The van der Waals surface area contributed by atoms with Crippen molar-refractivity contribution in [3.8, 4) is 5.75 Å².